The molecule has 0 aliphatic carbocycles. The number of rotatable bonds is 2. The Morgan fingerprint density at radius 1 is 1.14 bits per heavy atom. The normalized spacial score (nSPS) is 9.71. The van der Waals surface area contributed by atoms with Gasteiger partial charge in [0.1, 0.15) is 6.26 Å². The number of ether oxygens (including phenoxy) is 1. The maximum absolute atomic E-state index is 11.4. The van der Waals surface area contributed by atoms with Crippen LogP contribution in [0.1, 0.15) is 10.4 Å². The monoisotopic (exact) mass is 188 g/mol. The van der Waals surface area contributed by atoms with Gasteiger partial charge >= 0.3 is 5.97 Å². The number of hydrogen-bond donors (Lipinski definition) is 0. The molecular formula is C11H8O3. The number of carbonyl (C=O) groups is 1. The zero-order chi connectivity index (χ0) is 9.80. The Balaban J connectivity index is 2.11. The van der Waals surface area contributed by atoms with Crippen molar-refractivity contribution >= 4 is 5.97 Å². The van der Waals surface area contributed by atoms with Gasteiger partial charge in [-0.05, 0) is 12.1 Å². The van der Waals surface area contributed by atoms with Crippen LogP contribution in [-0.4, -0.2) is 5.97 Å². The molecule has 1 heterocycles. The molecule has 2 rings (SSSR count). The second kappa shape index (κ2) is 3.79. The summed E-state index contributed by atoms with van der Waals surface area (Å²) in [5, 5.41) is 0. The van der Waals surface area contributed by atoms with Crippen molar-refractivity contribution in [1.82, 2.24) is 0 Å². The highest BCUT2D eigenvalue weighted by molar-refractivity contribution is 5.90. The van der Waals surface area contributed by atoms with E-state index in [9.17, 15) is 4.79 Å². The molecule has 0 saturated carbocycles. The molecule has 0 aliphatic rings. The molecule has 0 saturated heterocycles. The summed E-state index contributed by atoms with van der Waals surface area (Å²) in [7, 11) is 0. The summed E-state index contributed by atoms with van der Waals surface area (Å²) >= 11 is 0. The maximum atomic E-state index is 11.4. The Morgan fingerprint density at radius 3 is 2.57 bits per heavy atom. The van der Waals surface area contributed by atoms with Gasteiger partial charge in [0.2, 0.25) is 0 Å². The molecule has 0 fully saturated rings. The second-order valence-corrected chi connectivity index (χ2v) is 2.71. The van der Waals surface area contributed by atoms with Crippen molar-refractivity contribution in [3.8, 4) is 5.75 Å². The second-order valence-electron chi connectivity index (χ2n) is 2.71. The van der Waals surface area contributed by atoms with E-state index in [1.165, 1.54) is 12.5 Å². The first-order valence-corrected chi connectivity index (χ1v) is 4.16. The van der Waals surface area contributed by atoms with E-state index in [0.717, 1.165) is 0 Å². The quantitative estimate of drug-likeness (QED) is 0.679. The summed E-state index contributed by atoms with van der Waals surface area (Å²) in [5.41, 5.74) is 0.522. The average molecular weight is 188 g/mol. The highest BCUT2D eigenvalue weighted by atomic mass is 16.5. The molecule has 1 aromatic heterocycles. The Bertz CT molecular complexity index is 403. The van der Waals surface area contributed by atoms with E-state index in [1.807, 2.05) is 6.07 Å². The fourth-order valence-corrected chi connectivity index (χ4v) is 1.05. The molecule has 70 valence electrons. The van der Waals surface area contributed by atoms with Gasteiger partial charge in [-0.2, -0.15) is 0 Å². The van der Waals surface area contributed by atoms with Gasteiger partial charge in [-0.3, -0.25) is 0 Å². The van der Waals surface area contributed by atoms with Gasteiger partial charge in [0, 0.05) is 6.07 Å². The van der Waals surface area contributed by atoms with E-state index >= 15 is 0 Å². The molecule has 0 atom stereocenters. The van der Waals surface area contributed by atoms with E-state index in [-0.39, 0.29) is 5.97 Å². The molecule has 0 bridgehead atoms. The lowest BCUT2D eigenvalue weighted by atomic mass is 10.2. The van der Waals surface area contributed by atoms with E-state index in [0.29, 0.717) is 11.3 Å². The van der Waals surface area contributed by atoms with Crippen LogP contribution in [0.5, 0.6) is 5.75 Å². The minimum Gasteiger partial charge on any atom is -0.469 e. The lowest BCUT2D eigenvalue weighted by Gasteiger charge is -1.99. The van der Waals surface area contributed by atoms with Crippen LogP contribution in [0.3, 0.4) is 0 Å². The minimum atomic E-state index is -0.382. The molecule has 2 aromatic rings. The average Bonchev–Trinajstić information content (AvgIpc) is 2.72. The van der Waals surface area contributed by atoms with Crippen LogP contribution in [0, 0.1) is 0 Å². The van der Waals surface area contributed by atoms with Gasteiger partial charge in [0.05, 0.1) is 11.8 Å². The Kier molecular flexibility index (Phi) is 2.32. The summed E-state index contributed by atoms with van der Waals surface area (Å²) < 4.78 is 9.78. The zero-order valence-electron chi connectivity index (χ0n) is 7.34. The SMILES string of the molecule is O=C(Oc1ccoc1)c1ccccc1. The van der Waals surface area contributed by atoms with Gasteiger partial charge in [-0.1, -0.05) is 18.2 Å². The molecule has 0 aliphatic heterocycles. The predicted octanol–water partition coefficient (Wildman–Crippen LogP) is 2.50. The summed E-state index contributed by atoms with van der Waals surface area (Å²) in [4.78, 5) is 11.4. The first kappa shape index (κ1) is 8.56. The smallest absolute Gasteiger partial charge is 0.343 e. The number of furan rings is 1. The molecule has 1 aromatic carbocycles. The zero-order valence-corrected chi connectivity index (χ0v) is 7.34. The van der Waals surface area contributed by atoms with Crippen LogP contribution in [0.2, 0.25) is 0 Å². The lowest BCUT2D eigenvalue weighted by molar-refractivity contribution is 0.0733. The molecule has 3 nitrogen and oxygen atoms in total. The summed E-state index contributed by atoms with van der Waals surface area (Å²) in [6.45, 7) is 0. The van der Waals surface area contributed by atoms with Crippen molar-refractivity contribution in [1.29, 1.82) is 0 Å². The van der Waals surface area contributed by atoms with Crippen molar-refractivity contribution in [2.24, 2.45) is 0 Å². The molecule has 0 N–H and O–H groups in total. The van der Waals surface area contributed by atoms with Crippen LogP contribution in [-0.2, 0) is 0 Å². The fourth-order valence-electron chi connectivity index (χ4n) is 1.05. The van der Waals surface area contributed by atoms with Crippen molar-refractivity contribution in [2.75, 3.05) is 0 Å². The third-order valence-corrected chi connectivity index (χ3v) is 1.72. The Labute approximate surface area is 80.9 Å². The van der Waals surface area contributed by atoms with Crippen LogP contribution in [0.25, 0.3) is 0 Å². The number of hydrogen-bond acceptors (Lipinski definition) is 3. The molecule has 0 amide bonds. The van der Waals surface area contributed by atoms with Gasteiger partial charge in [0.15, 0.2) is 5.75 Å². The summed E-state index contributed by atoms with van der Waals surface area (Å²) in [6, 6.07) is 10.4. The van der Waals surface area contributed by atoms with Crippen LogP contribution >= 0.6 is 0 Å². The maximum Gasteiger partial charge on any atom is 0.343 e. The van der Waals surface area contributed by atoms with E-state index in [2.05, 4.69) is 0 Å². The molecule has 0 radical (unpaired) electrons. The highest BCUT2D eigenvalue weighted by Gasteiger charge is 2.07. The molecule has 0 unspecified atom stereocenters. The van der Waals surface area contributed by atoms with E-state index in [4.69, 9.17) is 9.15 Å². The third kappa shape index (κ3) is 1.82. The van der Waals surface area contributed by atoms with E-state index in [1.54, 1.807) is 30.3 Å². The molecular weight excluding hydrogens is 180 g/mol. The summed E-state index contributed by atoms with van der Waals surface area (Å²) in [5.74, 6) is 0.0332. The predicted molar refractivity (Wildman–Crippen MR) is 50.1 cm³/mol. The number of esters is 1. The van der Waals surface area contributed by atoms with Gasteiger partial charge in [0.25, 0.3) is 0 Å². The first-order chi connectivity index (χ1) is 6.86. The molecule has 3 heteroatoms. The van der Waals surface area contributed by atoms with Gasteiger partial charge < -0.3 is 9.15 Å². The van der Waals surface area contributed by atoms with Crippen LogP contribution < -0.4 is 4.74 Å². The molecule has 14 heavy (non-hydrogen) atoms. The number of benzene rings is 1. The van der Waals surface area contributed by atoms with E-state index < -0.39 is 0 Å². The Morgan fingerprint density at radius 2 is 1.93 bits per heavy atom. The van der Waals surface area contributed by atoms with Crippen molar-refractivity contribution in [2.45, 2.75) is 0 Å². The van der Waals surface area contributed by atoms with Crippen LogP contribution in [0.4, 0.5) is 0 Å². The van der Waals surface area contributed by atoms with Crippen molar-refractivity contribution in [3.05, 3.63) is 54.5 Å². The first-order valence-electron chi connectivity index (χ1n) is 4.16. The largest absolute Gasteiger partial charge is 0.469 e. The van der Waals surface area contributed by atoms with Crippen LogP contribution in [0.15, 0.2) is 53.3 Å². The topological polar surface area (TPSA) is 39.4 Å². The number of carbonyl (C=O) groups excluding carboxylic acids is 1. The van der Waals surface area contributed by atoms with Gasteiger partial charge in [-0.25, -0.2) is 4.79 Å². The minimum absolute atomic E-state index is 0.382. The van der Waals surface area contributed by atoms with Crippen molar-refractivity contribution in [3.63, 3.8) is 0 Å². The lowest BCUT2D eigenvalue weighted by Crippen LogP contribution is -2.07. The fraction of sp³-hybridized carbons (Fsp3) is 0. The van der Waals surface area contributed by atoms with Crippen molar-refractivity contribution < 1.29 is 13.9 Å². The molecule has 0 spiro atoms. The third-order valence-electron chi connectivity index (χ3n) is 1.72. The summed E-state index contributed by atoms with van der Waals surface area (Å²) in [6.07, 6.45) is 2.83. The standard InChI is InChI=1S/C11H8O3/c12-11(9-4-2-1-3-5-9)14-10-6-7-13-8-10/h1-8H. The van der Waals surface area contributed by atoms with Gasteiger partial charge in [-0.15, -0.1) is 0 Å². The highest BCUT2D eigenvalue weighted by Crippen LogP contribution is 2.12. The Hall–Kier alpha value is -2.03.